The highest BCUT2D eigenvalue weighted by molar-refractivity contribution is 6.26. The third-order valence-corrected chi connectivity index (χ3v) is 22.0. The molecule has 11 nitrogen and oxygen atoms in total. The molecule has 17 aromatic rings. The van der Waals surface area contributed by atoms with Gasteiger partial charge in [0.05, 0.1) is 12.0 Å². The molecule has 2 aliphatic rings. The first kappa shape index (κ1) is 80.8. The molecule has 0 saturated carbocycles. The van der Waals surface area contributed by atoms with Gasteiger partial charge in [-0.1, -0.05) is 263 Å². The van der Waals surface area contributed by atoms with Crippen molar-refractivity contribution < 1.29 is 19.1 Å². The predicted molar refractivity (Wildman–Crippen MR) is 483 cm³/mol. The lowest BCUT2D eigenvalue weighted by Crippen LogP contribution is -2.23. The van der Waals surface area contributed by atoms with Gasteiger partial charge in [-0.2, -0.15) is 4.52 Å². The summed E-state index contributed by atoms with van der Waals surface area (Å²) >= 11 is 0. The summed E-state index contributed by atoms with van der Waals surface area (Å²) in [5, 5.41) is 41.1. The average molecular weight is 1510 g/mol. The molecule has 19 rings (SSSR count). The van der Waals surface area contributed by atoms with Gasteiger partial charge in [-0.15, -0.1) is 0 Å². The zero-order valence-electron chi connectivity index (χ0n) is 68.9. The fourth-order valence-electron chi connectivity index (χ4n) is 15.9. The summed E-state index contributed by atoms with van der Waals surface area (Å²) in [4.78, 5) is 48.5. The number of aryl methyl sites for hydroxylation is 6. The Bertz CT molecular complexity index is 6570. The van der Waals surface area contributed by atoms with E-state index >= 15 is 0 Å². The summed E-state index contributed by atoms with van der Waals surface area (Å²) in [5.74, 6) is -0.530. The highest BCUT2D eigenvalue weighted by Crippen LogP contribution is 2.43. The van der Waals surface area contributed by atoms with Crippen molar-refractivity contribution in [1.29, 1.82) is 0 Å². The largest absolute Gasteiger partial charge is 0.545 e. The summed E-state index contributed by atoms with van der Waals surface area (Å²) in [6, 6.07) is 86.9. The molecule has 576 valence electrons. The number of carbonyl (C=O) groups is 2. The first-order chi connectivity index (χ1) is 55.3. The van der Waals surface area contributed by atoms with Crippen LogP contribution in [-0.2, 0) is 32.1 Å². The predicted octanol–water partition coefficient (Wildman–Crippen LogP) is 22.5. The number of carboxylic acid groups (broad SMARTS) is 1. The molecule has 0 bridgehead atoms. The maximum atomic E-state index is 11.8. The van der Waals surface area contributed by atoms with Gasteiger partial charge in [-0.25, -0.2) is 4.58 Å². The van der Waals surface area contributed by atoms with E-state index in [0.29, 0.717) is 28.0 Å². The van der Waals surface area contributed by atoms with E-state index in [1.807, 2.05) is 152 Å². The Morgan fingerprint density at radius 3 is 1.32 bits per heavy atom. The molecule has 1 aliphatic heterocycles. The fraction of sp³-hybridized carbons (Fsp3) is 0.214. The van der Waals surface area contributed by atoms with Crippen molar-refractivity contribution in [1.82, 2.24) is 18.9 Å². The van der Waals surface area contributed by atoms with Gasteiger partial charge in [0.2, 0.25) is 5.36 Å². The number of hydrogen-bond donors (Lipinski definition) is 1. The van der Waals surface area contributed by atoms with E-state index in [4.69, 9.17) is 4.42 Å². The van der Waals surface area contributed by atoms with Crippen LogP contribution in [-0.4, -0.2) is 56.1 Å². The van der Waals surface area contributed by atoms with Crippen molar-refractivity contribution in [2.24, 2.45) is 0 Å². The van der Waals surface area contributed by atoms with Gasteiger partial charge in [-0.3, -0.25) is 18.9 Å². The molecule has 0 fully saturated rings. The molecule has 0 atom stereocenters. The van der Waals surface area contributed by atoms with E-state index < -0.39 is 5.97 Å². The first-order valence-electron chi connectivity index (χ1n) is 40.1. The van der Waals surface area contributed by atoms with Crippen LogP contribution in [0.3, 0.4) is 0 Å². The Morgan fingerprint density at radius 2 is 0.868 bits per heavy atom. The van der Waals surface area contributed by atoms with Gasteiger partial charge >= 0.3 is 0 Å². The quantitative estimate of drug-likeness (QED) is 0.0865. The average Bonchev–Trinajstić information content (AvgIpc) is 1.53. The monoisotopic (exact) mass is 1510 g/mol. The van der Waals surface area contributed by atoms with Crippen molar-refractivity contribution in [3.63, 3.8) is 0 Å². The van der Waals surface area contributed by atoms with Crippen molar-refractivity contribution >= 4 is 125 Å². The van der Waals surface area contributed by atoms with Gasteiger partial charge in [0.25, 0.3) is 17.0 Å². The summed E-state index contributed by atoms with van der Waals surface area (Å²) < 4.78 is 11.3. The van der Waals surface area contributed by atoms with Crippen LogP contribution in [0.4, 0.5) is 5.69 Å². The number of carboxylic acids is 1. The molecule has 0 unspecified atom stereocenters. The van der Waals surface area contributed by atoms with Gasteiger partial charge in [0, 0.05) is 89.1 Å². The van der Waals surface area contributed by atoms with Crippen molar-refractivity contribution in [2.75, 3.05) is 40.1 Å². The molecule has 0 saturated heterocycles. The number of nitrogens with zero attached hydrogens (tertiary/aromatic N) is 4. The first-order valence-corrected chi connectivity index (χ1v) is 40.1. The lowest BCUT2D eigenvalue weighted by atomic mass is 9.90. The second kappa shape index (κ2) is 35.3. The summed E-state index contributed by atoms with van der Waals surface area (Å²) in [7, 11) is 9.52. The van der Waals surface area contributed by atoms with Crippen molar-refractivity contribution in [3.05, 3.63) is 331 Å². The third kappa shape index (κ3) is 15.6. The lowest BCUT2D eigenvalue weighted by Gasteiger charge is -2.19. The Balaban J connectivity index is 0.000000128. The minimum Gasteiger partial charge on any atom is -0.545 e. The molecule has 11 heteroatoms. The molecule has 15 aromatic carbocycles. The number of fused-ring (bicyclic) bond motifs is 3. The molecule has 0 spiro atoms. The Morgan fingerprint density at radius 1 is 0.430 bits per heavy atom. The number of amides is 1. The molecule has 1 amide bonds. The SMILES string of the molecule is CC.CC.CCc1c(C)c(=O)n2c(=O)c(C)c(C)n12.CCc1cc2ccc3cccc4ccc(c1)c2c34.CCc1ccc(C(=O)NC)cc1.CCc1ccc2ccc3cccc4ccc1c2c34.CCc1ccc2ccc3cccc4ccc1c2c34.CN(C)c1ccc2c(-c3ccccc3C(=O)[O-])c3ccc(=[N+](C)C)cc-3oc2c1. The van der Waals surface area contributed by atoms with Crippen LogP contribution in [0.5, 0.6) is 0 Å². The highest BCUT2D eigenvalue weighted by atomic mass is 16.4. The van der Waals surface area contributed by atoms with Crippen LogP contribution in [0, 0.1) is 20.8 Å². The lowest BCUT2D eigenvalue weighted by molar-refractivity contribution is -0.254. The standard InChI is InChI=1S/C24H22N2O3.3C18H14.C11H14N2O2.C10H13NO.2C2H6/c1-25(2)15-9-11-19-21(13-15)29-22-14-16(26(3)4)10-12-20(22)23(19)17-7-5-6-8-18(17)24(27)28;1-2-12-10-15-8-6-13-4-3-5-14-7-9-16(11-12)18(15)17(13)14;2*1-2-12-6-7-15-9-8-13-4-3-5-14-10-11-16(12)18(15)17(13)14;1-5-9-7(3)11(15)13-10(14)6(2)8(4)12(9)13;1-3-8-4-6-9(7-5-8)10(12)11-2;2*1-2/h5-14H,1-4H3;3*3-11H,2H2,1H3;5H2,1-4H3;4-7H,3H2,1-2H3,(H,11,12);2*1-2H3. The third-order valence-electron chi connectivity index (χ3n) is 22.0. The van der Waals surface area contributed by atoms with Crippen LogP contribution < -0.4 is 36.4 Å². The minimum absolute atomic E-state index is 0.0300. The van der Waals surface area contributed by atoms with E-state index in [0.717, 1.165) is 76.6 Å². The molecular weight excluding hydrogens is 1400 g/mol. The van der Waals surface area contributed by atoms with Crippen molar-refractivity contribution in [2.45, 2.75) is 115 Å². The Kier molecular flexibility index (Phi) is 25.0. The molecule has 1 aliphatic carbocycles. The van der Waals surface area contributed by atoms with E-state index in [1.165, 1.54) is 124 Å². The van der Waals surface area contributed by atoms with E-state index in [1.54, 1.807) is 37.5 Å². The second-order valence-corrected chi connectivity index (χ2v) is 28.8. The number of rotatable bonds is 9. The number of hydrogen-bond acceptors (Lipinski definition) is 7. The summed E-state index contributed by atoms with van der Waals surface area (Å²) in [5.41, 5.74) is 13.2. The number of nitrogens with one attached hydrogen (secondary N) is 1. The normalized spacial score (nSPS) is 11.0. The van der Waals surface area contributed by atoms with Gasteiger partial charge in [0.15, 0.2) is 0 Å². The molecule has 3 heterocycles. The molecule has 2 aromatic heterocycles. The zero-order valence-corrected chi connectivity index (χ0v) is 68.9. The van der Waals surface area contributed by atoms with Gasteiger partial charge in [0.1, 0.15) is 25.4 Å². The Labute approximate surface area is 668 Å². The number of carbonyl (C=O) groups excluding carboxylic acids is 2. The summed E-state index contributed by atoms with van der Waals surface area (Å²) in [6.07, 6.45) is 5.04. The number of anilines is 1. The van der Waals surface area contributed by atoms with Crippen LogP contribution in [0.1, 0.15) is 128 Å². The summed E-state index contributed by atoms with van der Waals surface area (Å²) in [6.45, 7) is 24.1. The second-order valence-electron chi connectivity index (χ2n) is 28.8. The van der Waals surface area contributed by atoms with E-state index in [9.17, 15) is 24.3 Å². The van der Waals surface area contributed by atoms with E-state index in [2.05, 4.69) is 197 Å². The van der Waals surface area contributed by atoms with Crippen molar-refractivity contribution in [3.8, 4) is 22.5 Å². The van der Waals surface area contributed by atoms with Gasteiger partial charge < -0.3 is 24.5 Å². The smallest absolute Gasteiger partial charge is 0.277 e. The topological polar surface area (TPSA) is 132 Å². The Hall–Kier alpha value is -12.7. The molecule has 114 heavy (non-hydrogen) atoms. The maximum Gasteiger partial charge on any atom is 0.277 e. The fourth-order valence-corrected chi connectivity index (χ4v) is 15.9. The molecular formula is C103H103N5O6. The highest BCUT2D eigenvalue weighted by Gasteiger charge is 2.23. The molecule has 1 N–H and O–H groups in total. The van der Waals surface area contributed by atoms with Crippen LogP contribution >= 0.6 is 0 Å². The number of aromatic carboxylic acids is 1. The van der Waals surface area contributed by atoms with Crippen LogP contribution in [0.2, 0.25) is 0 Å². The van der Waals surface area contributed by atoms with E-state index in [-0.39, 0.29) is 22.6 Å². The number of benzene rings is 16. The van der Waals surface area contributed by atoms with Crippen LogP contribution in [0.25, 0.3) is 130 Å². The molecule has 0 radical (unpaired) electrons. The zero-order chi connectivity index (χ0) is 81.3. The minimum atomic E-state index is -1.20. The number of aromatic nitrogens is 2. The van der Waals surface area contributed by atoms with Gasteiger partial charge in [-0.05, 0) is 208 Å². The maximum absolute atomic E-state index is 11.8. The van der Waals surface area contributed by atoms with Crippen LogP contribution in [0.15, 0.2) is 263 Å².